The number of hydrogen-bond acceptors (Lipinski definition) is 4. The van der Waals surface area contributed by atoms with Gasteiger partial charge in [-0.15, -0.1) is 0 Å². The molecule has 0 saturated carbocycles. The van der Waals surface area contributed by atoms with Crippen molar-refractivity contribution in [3.8, 4) is 5.75 Å². The first kappa shape index (κ1) is 15.5. The molecule has 1 N–H and O–H groups in total. The van der Waals surface area contributed by atoms with E-state index in [1.54, 1.807) is 12.1 Å². The Hall–Kier alpha value is -1.55. The van der Waals surface area contributed by atoms with Gasteiger partial charge in [0.2, 0.25) is 0 Å². The minimum atomic E-state index is -0.352. The van der Waals surface area contributed by atoms with Gasteiger partial charge in [0.05, 0.1) is 0 Å². The number of ether oxygens (including phenoxy) is 2. The normalized spacial score (nSPS) is 11.1. The molecular weight excluding hydrogens is 242 g/mol. The van der Waals surface area contributed by atoms with E-state index in [4.69, 9.17) is 9.47 Å². The van der Waals surface area contributed by atoms with E-state index in [1.807, 2.05) is 32.0 Å². The van der Waals surface area contributed by atoms with E-state index in [0.717, 1.165) is 13.0 Å². The second-order valence-corrected chi connectivity index (χ2v) is 5.07. The molecule has 0 aliphatic rings. The minimum Gasteiger partial charge on any atom is -0.482 e. The van der Waals surface area contributed by atoms with Gasteiger partial charge in [0.25, 0.3) is 0 Å². The Bertz CT molecular complexity index is 376. The number of hydrogen-bond donors (Lipinski definition) is 1. The molecule has 4 nitrogen and oxygen atoms in total. The van der Waals surface area contributed by atoms with Gasteiger partial charge < -0.3 is 14.8 Å². The summed E-state index contributed by atoms with van der Waals surface area (Å²) in [7, 11) is 0. The molecule has 19 heavy (non-hydrogen) atoms. The highest BCUT2D eigenvalue weighted by atomic mass is 16.6. The Morgan fingerprint density at radius 1 is 1.26 bits per heavy atom. The monoisotopic (exact) mass is 265 g/mol. The molecule has 0 unspecified atom stereocenters. The molecule has 0 aliphatic carbocycles. The van der Waals surface area contributed by atoms with Gasteiger partial charge >= 0.3 is 5.97 Å². The summed E-state index contributed by atoms with van der Waals surface area (Å²) in [4.78, 5) is 11.6. The van der Waals surface area contributed by atoms with Crippen LogP contribution in [0.15, 0.2) is 30.3 Å². The van der Waals surface area contributed by atoms with Gasteiger partial charge in [-0.05, 0) is 38.9 Å². The third-order valence-electron chi connectivity index (χ3n) is 2.55. The Kier molecular flexibility index (Phi) is 6.36. The average Bonchev–Trinajstić information content (AvgIpc) is 2.42. The lowest BCUT2D eigenvalue weighted by molar-refractivity contribution is -0.147. The first-order valence-electron chi connectivity index (χ1n) is 6.62. The number of esters is 1. The molecule has 4 heteroatoms. The van der Waals surface area contributed by atoms with Crippen molar-refractivity contribution in [1.29, 1.82) is 0 Å². The quantitative estimate of drug-likeness (QED) is 0.733. The van der Waals surface area contributed by atoms with Crippen LogP contribution in [-0.2, 0) is 9.53 Å². The highest BCUT2D eigenvalue weighted by Gasteiger charge is 2.19. The van der Waals surface area contributed by atoms with Crippen LogP contribution >= 0.6 is 0 Å². The van der Waals surface area contributed by atoms with Gasteiger partial charge in [-0.2, -0.15) is 0 Å². The van der Waals surface area contributed by atoms with E-state index in [0.29, 0.717) is 12.4 Å². The van der Waals surface area contributed by atoms with Crippen LogP contribution in [0.3, 0.4) is 0 Å². The van der Waals surface area contributed by atoms with Gasteiger partial charge in [0, 0.05) is 5.54 Å². The number of rotatable bonds is 8. The summed E-state index contributed by atoms with van der Waals surface area (Å²) in [6.45, 7) is 7.30. The van der Waals surface area contributed by atoms with Gasteiger partial charge in [-0.25, -0.2) is 4.79 Å². The van der Waals surface area contributed by atoms with Crippen LogP contribution in [0, 0.1) is 0 Å². The smallest absolute Gasteiger partial charge is 0.344 e. The number of nitrogens with one attached hydrogen (secondary N) is 1. The molecule has 0 aromatic heterocycles. The maximum Gasteiger partial charge on any atom is 0.344 e. The van der Waals surface area contributed by atoms with Crippen molar-refractivity contribution in [3.63, 3.8) is 0 Å². The summed E-state index contributed by atoms with van der Waals surface area (Å²) >= 11 is 0. The predicted molar refractivity (Wildman–Crippen MR) is 75.3 cm³/mol. The standard InChI is InChI=1S/C15H23NO3/c1-4-10-16-15(2,3)12-19-14(17)11-18-13-8-6-5-7-9-13/h5-9,16H,4,10-12H2,1-3H3. The zero-order valence-electron chi connectivity index (χ0n) is 11.9. The van der Waals surface area contributed by atoms with E-state index in [1.165, 1.54) is 0 Å². The largest absolute Gasteiger partial charge is 0.482 e. The Morgan fingerprint density at radius 2 is 1.95 bits per heavy atom. The fourth-order valence-corrected chi connectivity index (χ4v) is 1.48. The van der Waals surface area contributed by atoms with Gasteiger partial charge in [0.1, 0.15) is 12.4 Å². The highest BCUT2D eigenvalue weighted by Crippen LogP contribution is 2.08. The summed E-state index contributed by atoms with van der Waals surface area (Å²) < 4.78 is 10.5. The first-order chi connectivity index (χ1) is 9.03. The number of benzene rings is 1. The summed E-state index contributed by atoms with van der Waals surface area (Å²) in [6.07, 6.45) is 1.05. The van der Waals surface area contributed by atoms with Crippen LogP contribution in [0.2, 0.25) is 0 Å². The molecule has 0 amide bonds. The predicted octanol–water partition coefficient (Wildman–Crippen LogP) is 2.39. The fourth-order valence-electron chi connectivity index (χ4n) is 1.48. The highest BCUT2D eigenvalue weighted by molar-refractivity contribution is 5.71. The van der Waals surface area contributed by atoms with Crippen LogP contribution in [0.4, 0.5) is 0 Å². The maximum absolute atomic E-state index is 11.6. The molecule has 106 valence electrons. The van der Waals surface area contributed by atoms with Gasteiger partial charge in [0.15, 0.2) is 6.61 Å². The second-order valence-electron chi connectivity index (χ2n) is 5.07. The average molecular weight is 265 g/mol. The van der Waals surface area contributed by atoms with Crippen molar-refractivity contribution >= 4 is 5.97 Å². The lowest BCUT2D eigenvalue weighted by Gasteiger charge is -2.25. The third-order valence-corrected chi connectivity index (χ3v) is 2.55. The lowest BCUT2D eigenvalue weighted by Crippen LogP contribution is -2.44. The van der Waals surface area contributed by atoms with Crippen LogP contribution in [0.5, 0.6) is 5.75 Å². The Morgan fingerprint density at radius 3 is 2.58 bits per heavy atom. The summed E-state index contributed by atoms with van der Waals surface area (Å²) in [5.41, 5.74) is -0.210. The zero-order valence-corrected chi connectivity index (χ0v) is 11.9. The van der Waals surface area contributed by atoms with Crippen molar-refractivity contribution in [3.05, 3.63) is 30.3 Å². The van der Waals surface area contributed by atoms with E-state index >= 15 is 0 Å². The molecule has 0 aliphatic heterocycles. The summed E-state index contributed by atoms with van der Waals surface area (Å²) in [6, 6.07) is 9.23. The van der Waals surface area contributed by atoms with Crippen molar-refractivity contribution in [2.24, 2.45) is 0 Å². The molecule has 0 radical (unpaired) electrons. The van der Waals surface area contributed by atoms with E-state index in [9.17, 15) is 4.79 Å². The molecule has 0 spiro atoms. The summed E-state index contributed by atoms with van der Waals surface area (Å²) in [5.74, 6) is 0.318. The van der Waals surface area contributed by atoms with E-state index in [2.05, 4.69) is 12.2 Å². The van der Waals surface area contributed by atoms with Crippen LogP contribution in [0.25, 0.3) is 0 Å². The maximum atomic E-state index is 11.6. The molecule has 1 aromatic carbocycles. The Labute approximate surface area is 115 Å². The molecule has 0 saturated heterocycles. The van der Waals surface area contributed by atoms with Gasteiger partial charge in [-0.3, -0.25) is 0 Å². The summed E-state index contributed by atoms with van der Waals surface area (Å²) in [5, 5.41) is 3.32. The molecule has 0 fully saturated rings. The first-order valence-corrected chi connectivity index (χ1v) is 6.62. The molecule has 0 atom stereocenters. The molecular formula is C15H23NO3. The van der Waals surface area contributed by atoms with Crippen molar-refractivity contribution in [2.45, 2.75) is 32.7 Å². The van der Waals surface area contributed by atoms with E-state index in [-0.39, 0.29) is 18.1 Å². The zero-order chi connectivity index (χ0) is 14.1. The van der Waals surface area contributed by atoms with Gasteiger partial charge in [-0.1, -0.05) is 25.1 Å². The lowest BCUT2D eigenvalue weighted by atomic mass is 10.1. The Balaban J connectivity index is 2.24. The van der Waals surface area contributed by atoms with Crippen LogP contribution in [-0.4, -0.2) is 31.3 Å². The molecule has 1 rings (SSSR count). The third kappa shape index (κ3) is 6.82. The second kappa shape index (κ2) is 7.79. The fraction of sp³-hybridized carbons (Fsp3) is 0.533. The van der Waals surface area contributed by atoms with Crippen LogP contribution in [0.1, 0.15) is 27.2 Å². The molecule has 0 bridgehead atoms. The number of carbonyl (C=O) groups is 1. The van der Waals surface area contributed by atoms with Crippen molar-refractivity contribution in [2.75, 3.05) is 19.8 Å². The molecule has 0 heterocycles. The SMILES string of the molecule is CCCNC(C)(C)COC(=O)COc1ccccc1. The van der Waals surface area contributed by atoms with Crippen molar-refractivity contribution < 1.29 is 14.3 Å². The van der Waals surface area contributed by atoms with Crippen LogP contribution < -0.4 is 10.1 Å². The number of carbonyl (C=O) groups excluding carboxylic acids is 1. The topological polar surface area (TPSA) is 47.6 Å². The van der Waals surface area contributed by atoms with Crippen molar-refractivity contribution in [1.82, 2.24) is 5.32 Å². The van der Waals surface area contributed by atoms with E-state index < -0.39 is 0 Å². The minimum absolute atomic E-state index is 0.0616. The molecule has 1 aromatic rings. The number of para-hydroxylation sites is 1.